The second-order valence-electron chi connectivity index (χ2n) is 3.02. The van der Waals surface area contributed by atoms with Gasteiger partial charge in [-0.3, -0.25) is 9.78 Å². The normalized spacial score (nSPS) is 10.1. The first-order valence-corrected chi connectivity index (χ1v) is 4.43. The fraction of sp³-hybridized carbons (Fsp3) is 0. The number of nitrogens with one attached hydrogen (secondary N) is 1. The second kappa shape index (κ2) is 4.01. The molecule has 16 heavy (non-hydrogen) atoms. The van der Waals surface area contributed by atoms with Gasteiger partial charge in [-0.15, -0.1) is 0 Å². The van der Waals surface area contributed by atoms with Gasteiger partial charge in [0.1, 0.15) is 11.6 Å². The zero-order valence-corrected chi connectivity index (χ0v) is 8.11. The maximum atomic E-state index is 12.6. The zero-order valence-electron chi connectivity index (χ0n) is 8.11. The van der Waals surface area contributed by atoms with Crippen LogP contribution < -0.4 is 16.0 Å². The van der Waals surface area contributed by atoms with Gasteiger partial charge < -0.3 is 10.5 Å². The summed E-state index contributed by atoms with van der Waals surface area (Å²) < 4.78 is 17.8. The van der Waals surface area contributed by atoms with E-state index < -0.39 is 5.56 Å². The number of aromatic amines is 1. The number of nitrogen functional groups attached to an aromatic ring is 1. The van der Waals surface area contributed by atoms with Crippen LogP contribution in [0.4, 0.5) is 10.3 Å². The molecule has 0 amide bonds. The fourth-order valence-corrected chi connectivity index (χ4v) is 1.10. The first-order valence-electron chi connectivity index (χ1n) is 4.43. The summed E-state index contributed by atoms with van der Waals surface area (Å²) in [7, 11) is 0. The Morgan fingerprint density at radius 3 is 2.62 bits per heavy atom. The largest absolute Gasteiger partial charge is 0.450 e. The number of hydrogen-bond acceptors (Lipinski definition) is 4. The van der Waals surface area contributed by atoms with Crippen LogP contribution in [0, 0.1) is 5.82 Å². The summed E-state index contributed by atoms with van der Waals surface area (Å²) in [5.74, 6) is -0.0209. The molecule has 0 aliphatic heterocycles. The molecule has 2 aromatic rings. The summed E-state index contributed by atoms with van der Waals surface area (Å²) in [5.41, 5.74) is 4.78. The minimum absolute atomic E-state index is 0.000748. The summed E-state index contributed by atoms with van der Waals surface area (Å²) >= 11 is 0. The Bertz CT molecular complexity index is 551. The maximum Gasteiger partial charge on any atom is 0.295 e. The lowest BCUT2D eigenvalue weighted by molar-refractivity contribution is 0.470. The number of H-pyrrole nitrogens is 1. The number of nitrogens with two attached hydrogens (primary N) is 1. The van der Waals surface area contributed by atoms with E-state index in [9.17, 15) is 9.18 Å². The highest BCUT2D eigenvalue weighted by atomic mass is 19.1. The van der Waals surface area contributed by atoms with E-state index in [4.69, 9.17) is 10.5 Å². The molecule has 2 rings (SSSR count). The van der Waals surface area contributed by atoms with Crippen molar-refractivity contribution in [2.45, 2.75) is 0 Å². The number of ether oxygens (including phenoxy) is 1. The van der Waals surface area contributed by atoms with E-state index in [1.807, 2.05) is 0 Å². The molecule has 1 aromatic heterocycles. The Kier molecular flexibility index (Phi) is 2.55. The minimum atomic E-state index is -0.489. The summed E-state index contributed by atoms with van der Waals surface area (Å²) in [6.45, 7) is 0. The van der Waals surface area contributed by atoms with Gasteiger partial charge >= 0.3 is 0 Å². The molecule has 0 spiro atoms. The van der Waals surface area contributed by atoms with Gasteiger partial charge in [0.05, 0.1) is 6.20 Å². The average Bonchev–Trinajstić information content (AvgIpc) is 2.25. The van der Waals surface area contributed by atoms with E-state index in [0.29, 0.717) is 5.75 Å². The molecule has 0 saturated carbocycles. The molecule has 0 radical (unpaired) electrons. The Labute approximate surface area is 89.7 Å². The fourth-order valence-electron chi connectivity index (χ4n) is 1.10. The lowest BCUT2D eigenvalue weighted by Gasteiger charge is -2.03. The molecule has 0 fully saturated rings. The third kappa shape index (κ3) is 2.17. The lowest BCUT2D eigenvalue weighted by atomic mass is 10.3. The predicted molar refractivity (Wildman–Crippen MR) is 55.7 cm³/mol. The summed E-state index contributed by atoms with van der Waals surface area (Å²) in [5, 5.41) is 0. The highest BCUT2D eigenvalue weighted by Crippen LogP contribution is 2.17. The number of aromatic nitrogens is 2. The van der Waals surface area contributed by atoms with Gasteiger partial charge in [0, 0.05) is 0 Å². The van der Waals surface area contributed by atoms with Crippen LogP contribution in [0.2, 0.25) is 0 Å². The van der Waals surface area contributed by atoms with Crippen molar-refractivity contribution in [3.05, 3.63) is 46.6 Å². The monoisotopic (exact) mass is 221 g/mol. The SMILES string of the molecule is Nc1ncc(Oc2ccc(F)cc2)c(=O)[nH]1. The molecule has 5 nitrogen and oxygen atoms in total. The van der Waals surface area contributed by atoms with Crippen molar-refractivity contribution in [2.24, 2.45) is 0 Å². The van der Waals surface area contributed by atoms with Crippen LogP contribution in [0.3, 0.4) is 0 Å². The number of nitrogens with zero attached hydrogens (tertiary/aromatic N) is 1. The number of benzene rings is 1. The van der Waals surface area contributed by atoms with E-state index in [1.54, 1.807) is 0 Å². The lowest BCUT2D eigenvalue weighted by Crippen LogP contribution is -2.12. The molecule has 0 aliphatic rings. The summed E-state index contributed by atoms with van der Waals surface area (Å²) in [4.78, 5) is 17.3. The Morgan fingerprint density at radius 2 is 2.00 bits per heavy atom. The number of halogens is 1. The standard InChI is InChI=1S/C10H8FN3O2/c11-6-1-3-7(4-2-6)16-8-5-13-10(12)14-9(8)15/h1-5H,(H3,12,13,14,15). The molecule has 82 valence electrons. The second-order valence-corrected chi connectivity index (χ2v) is 3.02. The Hall–Kier alpha value is -2.37. The molecule has 1 heterocycles. The van der Waals surface area contributed by atoms with Gasteiger partial charge in [0.2, 0.25) is 5.75 Å². The van der Waals surface area contributed by atoms with Crippen molar-refractivity contribution in [3.63, 3.8) is 0 Å². The average molecular weight is 221 g/mol. The van der Waals surface area contributed by atoms with Crippen molar-refractivity contribution in [2.75, 3.05) is 5.73 Å². The van der Waals surface area contributed by atoms with Crippen LogP contribution in [-0.2, 0) is 0 Å². The van der Waals surface area contributed by atoms with Gasteiger partial charge in [-0.1, -0.05) is 0 Å². The van der Waals surface area contributed by atoms with Crippen LogP contribution in [0.5, 0.6) is 11.5 Å². The highest BCUT2D eigenvalue weighted by molar-refractivity contribution is 5.29. The first-order chi connectivity index (χ1) is 7.65. The molecule has 0 bridgehead atoms. The molecule has 0 aliphatic carbocycles. The third-order valence-corrected chi connectivity index (χ3v) is 1.83. The smallest absolute Gasteiger partial charge is 0.295 e. The topological polar surface area (TPSA) is 81.0 Å². The van der Waals surface area contributed by atoms with E-state index >= 15 is 0 Å². The van der Waals surface area contributed by atoms with Crippen molar-refractivity contribution in [1.29, 1.82) is 0 Å². The van der Waals surface area contributed by atoms with Crippen molar-refractivity contribution >= 4 is 5.95 Å². The van der Waals surface area contributed by atoms with Crippen LogP contribution in [0.15, 0.2) is 35.3 Å². The third-order valence-electron chi connectivity index (χ3n) is 1.83. The number of anilines is 1. The Balaban J connectivity index is 2.27. The summed E-state index contributed by atoms with van der Waals surface area (Å²) in [6.07, 6.45) is 1.21. The van der Waals surface area contributed by atoms with E-state index in [-0.39, 0.29) is 17.5 Å². The molecule has 0 unspecified atom stereocenters. The predicted octanol–water partition coefficient (Wildman–Crippen LogP) is 1.28. The van der Waals surface area contributed by atoms with Crippen LogP contribution in [0.25, 0.3) is 0 Å². The van der Waals surface area contributed by atoms with Gasteiger partial charge in [-0.25, -0.2) is 9.37 Å². The van der Waals surface area contributed by atoms with Gasteiger partial charge in [-0.2, -0.15) is 0 Å². The van der Waals surface area contributed by atoms with Gasteiger partial charge in [0.25, 0.3) is 5.56 Å². The summed E-state index contributed by atoms with van der Waals surface area (Å²) in [6, 6.07) is 5.28. The molecule has 1 aromatic carbocycles. The Morgan fingerprint density at radius 1 is 1.31 bits per heavy atom. The quantitative estimate of drug-likeness (QED) is 0.800. The van der Waals surface area contributed by atoms with E-state index in [0.717, 1.165) is 0 Å². The van der Waals surface area contributed by atoms with Crippen LogP contribution in [-0.4, -0.2) is 9.97 Å². The van der Waals surface area contributed by atoms with Gasteiger partial charge in [0.15, 0.2) is 5.95 Å². The molecular weight excluding hydrogens is 213 g/mol. The van der Waals surface area contributed by atoms with Crippen molar-refractivity contribution in [1.82, 2.24) is 9.97 Å². The molecule has 3 N–H and O–H groups in total. The minimum Gasteiger partial charge on any atom is -0.450 e. The van der Waals surface area contributed by atoms with Crippen molar-refractivity contribution in [3.8, 4) is 11.5 Å². The molecular formula is C10H8FN3O2. The zero-order chi connectivity index (χ0) is 11.5. The van der Waals surface area contributed by atoms with Gasteiger partial charge in [-0.05, 0) is 24.3 Å². The molecule has 0 atom stereocenters. The van der Waals surface area contributed by atoms with E-state index in [2.05, 4.69) is 9.97 Å². The molecule has 0 saturated heterocycles. The first kappa shape index (κ1) is 10.2. The highest BCUT2D eigenvalue weighted by Gasteiger charge is 2.03. The van der Waals surface area contributed by atoms with Crippen LogP contribution in [0.1, 0.15) is 0 Å². The van der Waals surface area contributed by atoms with Crippen LogP contribution >= 0.6 is 0 Å². The van der Waals surface area contributed by atoms with E-state index in [1.165, 1.54) is 30.5 Å². The maximum absolute atomic E-state index is 12.6. The molecule has 6 heteroatoms. The number of hydrogen-bond donors (Lipinski definition) is 2. The van der Waals surface area contributed by atoms with Crippen molar-refractivity contribution < 1.29 is 9.13 Å². The number of rotatable bonds is 2.